The zero-order valence-corrected chi connectivity index (χ0v) is 12.2. The van der Waals surface area contributed by atoms with Crippen molar-refractivity contribution in [3.8, 4) is 10.8 Å². The molecule has 1 fully saturated rings. The van der Waals surface area contributed by atoms with Gasteiger partial charge in [-0.25, -0.2) is 4.98 Å². The van der Waals surface area contributed by atoms with Gasteiger partial charge in [0.2, 0.25) is 0 Å². The highest BCUT2D eigenvalue weighted by molar-refractivity contribution is 7.13. The molecule has 0 aliphatic heterocycles. The second-order valence-electron chi connectivity index (χ2n) is 5.01. The van der Waals surface area contributed by atoms with Crippen LogP contribution < -0.4 is 0 Å². The van der Waals surface area contributed by atoms with Crippen molar-refractivity contribution in [3.05, 3.63) is 29.0 Å². The van der Waals surface area contributed by atoms with Gasteiger partial charge >= 0.3 is 5.97 Å². The Labute approximate surface area is 125 Å². The number of nitrogens with zero attached hydrogens (tertiary/aromatic N) is 2. The second kappa shape index (κ2) is 5.33. The Kier molecular flexibility index (Phi) is 3.50. The number of hydrogen-bond donors (Lipinski definition) is 1. The highest BCUT2D eigenvalue weighted by Gasteiger charge is 2.35. The number of aromatic nitrogens is 1. The average molecular weight is 306 g/mol. The molecule has 3 rings (SSSR count). The summed E-state index contributed by atoms with van der Waals surface area (Å²) < 4.78 is 5.48. The largest absolute Gasteiger partial charge is 0.480 e. The monoisotopic (exact) mass is 306 g/mol. The fourth-order valence-corrected chi connectivity index (χ4v) is 2.83. The van der Waals surface area contributed by atoms with E-state index in [0.29, 0.717) is 10.8 Å². The third-order valence-corrected chi connectivity index (χ3v) is 4.09. The van der Waals surface area contributed by atoms with Gasteiger partial charge in [-0.05, 0) is 31.9 Å². The molecule has 1 aliphatic carbocycles. The number of rotatable bonds is 5. The highest BCUT2D eigenvalue weighted by atomic mass is 32.1. The van der Waals surface area contributed by atoms with Crippen molar-refractivity contribution in [2.75, 3.05) is 6.54 Å². The number of aryl methyl sites for hydroxylation is 1. The first-order valence-corrected chi connectivity index (χ1v) is 7.47. The molecule has 0 saturated heterocycles. The zero-order chi connectivity index (χ0) is 15.0. The van der Waals surface area contributed by atoms with Crippen LogP contribution in [-0.2, 0) is 4.79 Å². The van der Waals surface area contributed by atoms with Gasteiger partial charge in [-0.3, -0.25) is 9.59 Å². The summed E-state index contributed by atoms with van der Waals surface area (Å²) in [6, 6.07) is 3.67. The smallest absolute Gasteiger partial charge is 0.323 e. The van der Waals surface area contributed by atoms with Crippen LogP contribution in [-0.4, -0.2) is 39.5 Å². The molecule has 6 nitrogen and oxygen atoms in total. The van der Waals surface area contributed by atoms with Crippen molar-refractivity contribution in [1.29, 1.82) is 0 Å². The van der Waals surface area contributed by atoms with Gasteiger partial charge in [0.15, 0.2) is 10.8 Å². The van der Waals surface area contributed by atoms with E-state index in [9.17, 15) is 9.59 Å². The lowest BCUT2D eigenvalue weighted by Crippen LogP contribution is -2.37. The summed E-state index contributed by atoms with van der Waals surface area (Å²) in [6.07, 6.45) is 1.71. The number of thiazole rings is 1. The SMILES string of the molecule is Cc1ccc(-c2nc(C(=O)N(CC(=O)O)C3CC3)cs2)o1. The molecule has 0 atom stereocenters. The normalized spacial score (nSPS) is 14.1. The van der Waals surface area contributed by atoms with Crippen LogP contribution in [0.1, 0.15) is 29.1 Å². The first-order valence-electron chi connectivity index (χ1n) is 6.59. The summed E-state index contributed by atoms with van der Waals surface area (Å²) in [6.45, 7) is 1.56. The van der Waals surface area contributed by atoms with Gasteiger partial charge in [0.1, 0.15) is 18.0 Å². The molecule has 0 bridgehead atoms. The number of aliphatic carboxylic acids is 1. The van der Waals surface area contributed by atoms with Gasteiger partial charge in [0.25, 0.3) is 5.91 Å². The molecule has 1 amide bonds. The quantitative estimate of drug-likeness (QED) is 0.917. The van der Waals surface area contributed by atoms with Gasteiger partial charge in [0, 0.05) is 11.4 Å². The van der Waals surface area contributed by atoms with E-state index in [0.717, 1.165) is 18.6 Å². The molecule has 1 N–H and O–H groups in total. The Morgan fingerprint density at radius 3 is 2.81 bits per heavy atom. The molecule has 2 aromatic rings. The van der Waals surface area contributed by atoms with E-state index in [2.05, 4.69) is 4.98 Å². The molecule has 0 aromatic carbocycles. The maximum absolute atomic E-state index is 12.4. The van der Waals surface area contributed by atoms with Crippen molar-refractivity contribution in [3.63, 3.8) is 0 Å². The van der Waals surface area contributed by atoms with Crippen molar-refractivity contribution < 1.29 is 19.1 Å². The van der Waals surface area contributed by atoms with E-state index in [-0.39, 0.29) is 24.2 Å². The number of carbonyl (C=O) groups is 2. The summed E-state index contributed by atoms with van der Waals surface area (Å²) in [7, 11) is 0. The zero-order valence-electron chi connectivity index (χ0n) is 11.4. The molecule has 21 heavy (non-hydrogen) atoms. The summed E-state index contributed by atoms with van der Waals surface area (Å²) in [5, 5.41) is 11.2. The number of carboxylic acid groups (broad SMARTS) is 1. The molecule has 110 valence electrons. The van der Waals surface area contributed by atoms with Crippen molar-refractivity contribution >= 4 is 23.2 Å². The predicted molar refractivity (Wildman–Crippen MR) is 76.2 cm³/mol. The predicted octanol–water partition coefficient (Wildman–Crippen LogP) is 2.40. The summed E-state index contributed by atoms with van der Waals surface area (Å²) in [4.78, 5) is 28.9. The Balaban J connectivity index is 1.81. The molecule has 0 unspecified atom stereocenters. The lowest BCUT2D eigenvalue weighted by molar-refractivity contribution is -0.137. The van der Waals surface area contributed by atoms with Crippen molar-refractivity contribution in [2.45, 2.75) is 25.8 Å². The average Bonchev–Trinajstić information content (AvgIpc) is 2.98. The van der Waals surface area contributed by atoms with Gasteiger partial charge in [-0.15, -0.1) is 11.3 Å². The van der Waals surface area contributed by atoms with E-state index in [1.54, 1.807) is 11.4 Å². The Morgan fingerprint density at radius 2 is 2.24 bits per heavy atom. The van der Waals surface area contributed by atoms with Crippen LogP contribution in [0.4, 0.5) is 0 Å². The van der Waals surface area contributed by atoms with E-state index in [1.807, 2.05) is 13.0 Å². The molecule has 0 spiro atoms. The Hall–Kier alpha value is -2.15. The second-order valence-corrected chi connectivity index (χ2v) is 5.86. The maximum Gasteiger partial charge on any atom is 0.323 e. The lowest BCUT2D eigenvalue weighted by Gasteiger charge is -2.18. The number of hydrogen-bond acceptors (Lipinski definition) is 5. The number of furan rings is 1. The highest BCUT2D eigenvalue weighted by Crippen LogP contribution is 2.30. The lowest BCUT2D eigenvalue weighted by atomic mass is 10.3. The number of carbonyl (C=O) groups excluding carboxylic acids is 1. The Bertz CT molecular complexity index is 687. The van der Waals surface area contributed by atoms with Crippen molar-refractivity contribution in [1.82, 2.24) is 9.88 Å². The molecule has 0 radical (unpaired) electrons. The van der Waals surface area contributed by atoms with Crippen molar-refractivity contribution in [2.24, 2.45) is 0 Å². The van der Waals surface area contributed by atoms with E-state index >= 15 is 0 Å². The fraction of sp³-hybridized carbons (Fsp3) is 0.357. The first-order chi connectivity index (χ1) is 10.0. The van der Waals surface area contributed by atoms with Crippen LogP contribution in [0.15, 0.2) is 21.9 Å². The van der Waals surface area contributed by atoms with Crippen LogP contribution in [0.5, 0.6) is 0 Å². The minimum atomic E-state index is -1.01. The van der Waals surface area contributed by atoms with Gasteiger partial charge in [-0.2, -0.15) is 0 Å². The molecule has 1 aliphatic rings. The van der Waals surface area contributed by atoms with Crippen LogP contribution in [0.2, 0.25) is 0 Å². The van der Waals surface area contributed by atoms with E-state index < -0.39 is 5.97 Å². The number of carboxylic acids is 1. The van der Waals surface area contributed by atoms with Gasteiger partial charge in [0.05, 0.1) is 0 Å². The third kappa shape index (κ3) is 2.97. The first kappa shape index (κ1) is 13.8. The van der Waals surface area contributed by atoms with Crippen LogP contribution in [0.25, 0.3) is 10.8 Å². The minimum absolute atomic E-state index is 0.0320. The topological polar surface area (TPSA) is 83.6 Å². The third-order valence-electron chi connectivity index (χ3n) is 3.23. The molecule has 1 saturated carbocycles. The summed E-state index contributed by atoms with van der Waals surface area (Å²) in [5.41, 5.74) is 0.275. The molecular formula is C14H14N2O4S. The standard InChI is InChI=1S/C14H14N2O4S/c1-8-2-5-11(20-8)13-15-10(7-21-13)14(19)16(6-12(17)18)9-3-4-9/h2,5,7,9H,3-4,6H2,1H3,(H,17,18). The molecular weight excluding hydrogens is 292 g/mol. The van der Waals surface area contributed by atoms with Crippen LogP contribution >= 0.6 is 11.3 Å². The summed E-state index contributed by atoms with van der Waals surface area (Å²) in [5.74, 6) is 0.0596. The number of amides is 1. The van der Waals surface area contributed by atoms with E-state index in [4.69, 9.17) is 9.52 Å². The molecule has 7 heteroatoms. The van der Waals surface area contributed by atoms with Crippen LogP contribution in [0.3, 0.4) is 0 Å². The summed E-state index contributed by atoms with van der Waals surface area (Å²) >= 11 is 1.31. The minimum Gasteiger partial charge on any atom is -0.480 e. The molecule has 2 heterocycles. The van der Waals surface area contributed by atoms with E-state index in [1.165, 1.54) is 16.2 Å². The molecule has 2 aromatic heterocycles. The van der Waals surface area contributed by atoms with Gasteiger partial charge < -0.3 is 14.4 Å². The fourth-order valence-electron chi connectivity index (χ4n) is 2.08. The van der Waals surface area contributed by atoms with Gasteiger partial charge in [-0.1, -0.05) is 0 Å². The maximum atomic E-state index is 12.4. The Morgan fingerprint density at radius 1 is 1.48 bits per heavy atom. The van der Waals surface area contributed by atoms with Crippen LogP contribution in [0, 0.1) is 6.92 Å².